The second kappa shape index (κ2) is 13.4. The lowest BCUT2D eigenvalue weighted by Gasteiger charge is -2.19. The fraction of sp³-hybridized carbons (Fsp3) is 0.219. The van der Waals surface area contributed by atoms with Gasteiger partial charge in [0.05, 0.1) is 17.2 Å². The zero-order valence-electron chi connectivity index (χ0n) is 22.4. The van der Waals surface area contributed by atoms with E-state index in [0.29, 0.717) is 27.5 Å². The van der Waals surface area contributed by atoms with Gasteiger partial charge in [-0.05, 0) is 65.4 Å². The molecule has 1 unspecified atom stereocenters. The molecule has 5 rings (SSSR count). The molecule has 3 N–H and O–H groups in total. The Morgan fingerprint density at radius 3 is 2.76 bits per heavy atom. The molecule has 1 heterocycles. The van der Waals surface area contributed by atoms with Gasteiger partial charge in [0.25, 0.3) is 0 Å². The van der Waals surface area contributed by atoms with Crippen molar-refractivity contribution in [3.63, 3.8) is 0 Å². The van der Waals surface area contributed by atoms with Crippen molar-refractivity contribution in [1.29, 1.82) is 5.26 Å². The van der Waals surface area contributed by atoms with Gasteiger partial charge in [-0.1, -0.05) is 41.9 Å². The number of carbonyl (C=O) groups is 1. The Kier molecular flexibility index (Phi) is 9.40. The van der Waals surface area contributed by atoms with Crippen molar-refractivity contribution in [2.24, 2.45) is 0 Å². The van der Waals surface area contributed by atoms with Gasteiger partial charge < -0.3 is 14.9 Å². The highest BCUT2D eigenvalue weighted by Gasteiger charge is 2.27. The number of hydrogen-bond donors (Lipinski definition) is 3. The molecule has 0 bridgehead atoms. The molecule has 0 saturated carbocycles. The summed E-state index contributed by atoms with van der Waals surface area (Å²) in [5, 5.41) is 31.4. The number of aliphatic hydroxyl groups excluding tert-OH is 1. The molecule has 0 radical (unpaired) electrons. The number of nitrogens with one attached hydrogen (secondary N) is 1. The van der Waals surface area contributed by atoms with Gasteiger partial charge in [0.15, 0.2) is 0 Å². The molecule has 4 aromatic rings. The van der Waals surface area contributed by atoms with Crippen LogP contribution < -0.4 is 10.1 Å². The summed E-state index contributed by atoms with van der Waals surface area (Å²) in [6.45, 7) is -0.334. The maximum Gasteiger partial charge on any atom is 0.323 e. The number of rotatable bonds is 11. The highest BCUT2D eigenvalue weighted by Crippen LogP contribution is 2.49. The minimum Gasteiger partial charge on any atom is -0.488 e. The molecular formula is C32H27ClFN3O4S. The summed E-state index contributed by atoms with van der Waals surface area (Å²) >= 11 is 8.40. The lowest BCUT2D eigenvalue weighted by Crippen LogP contribution is -2.39. The first-order chi connectivity index (χ1) is 20.4. The molecule has 1 aliphatic carbocycles. The van der Waals surface area contributed by atoms with Crippen molar-refractivity contribution in [2.45, 2.75) is 42.2 Å². The minimum absolute atomic E-state index is 0.0985. The minimum atomic E-state index is -1.17. The van der Waals surface area contributed by atoms with Gasteiger partial charge in [-0.25, -0.2) is 4.39 Å². The van der Waals surface area contributed by atoms with Crippen LogP contribution in [0.2, 0.25) is 5.02 Å². The molecule has 1 aliphatic rings. The lowest BCUT2D eigenvalue weighted by molar-refractivity contribution is -0.140. The zero-order valence-corrected chi connectivity index (χ0v) is 24.0. The number of carboxylic acid groups (broad SMARTS) is 1. The molecule has 0 spiro atoms. The number of aromatic nitrogens is 1. The number of halogens is 2. The lowest BCUT2D eigenvalue weighted by atomic mass is 9.97. The van der Waals surface area contributed by atoms with Crippen molar-refractivity contribution in [3.05, 3.63) is 112 Å². The second-order valence-electron chi connectivity index (χ2n) is 9.85. The third kappa shape index (κ3) is 6.75. The topological polar surface area (TPSA) is 115 Å². The van der Waals surface area contributed by atoms with E-state index >= 15 is 0 Å². The van der Waals surface area contributed by atoms with Gasteiger partial charge in [-0.3, -0.25) is 15.1 Å². The van der Waals surface area contributed by atoms with E-state index in [1.807, 2.05) is 12.1 Å². The van der Waals surface area contributed by atoms with E-state index in [9.17, 15) is 24.7 Å². The normalized spacial score (nSPS) is 14.7. The average Bonchev–Trinajstić information content (AvgIpc) is 3.41. The van der Waals surface area contributed by atoms with Gasteiger partial charge in [-0.2, -0.15) is 5.26 Å². The maximum atomic E-state index is 13.5. The molecule has 42 heavy (non-hydrogen) atoms. The third-order valence-corrected chi connectivity index (χ3v) is 8.88. The number of benzene rings is 3. The van der Waals surface area contributed by atoms with Crippen LogP contribution in [-0.4, -0.2) is 33.8 Å². The Bertz CT molecular complexity index is 1640. The first-order valence-electron chi connectivity index (χ1n) is 13.3. The van der Waals surface area contributed by atoms with Crippen molar-refractivity contribution in [3.8, 4) is 22.9 Å². The molecule has 0 aliphatic heterocycles. The Balaban J connectivity index is 1.42. The van der Waals surface area contributed by atoms with Crippen LogP contribution in [0.3, 0.4) is 0 Å². The van der Waals surface area contributed by atoms with Crippen molar-refractivity contribution >= 4 is 29.3 Å². The van der Waals surface area contributed by atoms with Crippen LogP contribution in [0.5, 0.6) is 5.75 Å². The van der Waals surface area contributed by atoms with Gasteiger partial charge in [0.1, 0.15) is 30.3 Å². The van der Waals surface area contributed by atoms with Crippen LogP contribution in [0, 0.1) is 17.1 Å². The molecule has 214 valence electrons. The van der Waals surface area contributed by atoms with Crippen LogP contribution in [0.1, 0.15) is 39.5 Å². The summed E-state index contributed by atoms with van der Waals surface area (Å²) in [4.78, 5) is 16.3. The number of fused-ring (bicyclic) bond motifs is 1. The average molecular weight is 604 g/mol. The summed E-state index contributed by atoms with van der Waals surface area (Å²) in [6, 6.07) is 18.9. The summed E-state index contributed by atoms with van der Waals surface area (Å²) in [5.74, 6) is -0.940. The fourth-order valence-electron chi connectivity index (χ4n) is 4.98. The van der Waals surface area contributed by atoms with Gasteiger partial charge in [-0.15, -0.1) is 11.8 Å². The number of hydrogen-bond acceptors (Lipinski definition) is 7. The Hall–Kier alpha value is -3.94. The van der Waals surface area contributed by atoms with Crippen LogP contribution >= 0.6 is 23.4 Å². The van der Waals surface area contributed by atoms with Crippen LogP contribution in [0.4, 0.5) is 4.39 Å². The van der Waals surface area contributed by atoms with Crippen LogP contribution in [0.25, 0.3) is 11.1 Å². The van der Waals surface area contributed by atoms with E-state index in [4.69, 9.17) is 16.3 Å². The Morgan fingerprint density at radius 2 is 2.02 bits per heavy atom. The first kappa shape index (κ1) is 29.5. The molecule has 0 amide bonds. The van der Waals surface area contributed by atoms with E-state index in [-0.39, 0.29) is 24.2 Å². The van der Waals surface area contributed by atoms with Gasteiger partial charge >= 0.3 is 5.97 Å². The van der Waals surface area contributed by atoms with Crippen molar-refractivity contribution in [2.75, 3.05) is 6.61 Å². The molecule has 0 fully saturated rings. The number of nitriles is 1. The van der Waals surface area contributed by atoms with E-state index in [2.05, 4.69) is 28.5 Å². The molecule has 7 nitrogen and oxygen atoms in total. The highest BCUT2D eigenvalue weighted by atomic mass is 35.5. The SMILES string of the molecule is N#Cc1cncc(COc2cc(S[C@H]3CCc4c(-c5ccc(F)cc5)cccc43)c(Cl)cc2CNC(CO)C(=O)O)c1. The summed E-state index contributed by atoms with van der Waals surface area (Å²) in [7, 11) is 0. The number of aliphatic carboxylic acids is 1. The zero-order chi connectivity index (χ0) is 29.6. The monoisotopic (exact) mass is 603 g/mol. The number of pyridine rings is 1. The number of carboxylic acids is 1. The van der Waals surface area contributed by atoms with E-state index in [1.165, 1.54) is 29.5 Å². The molecule has 3 aromatic carbocycles. The second-order valence-corrected chi connectivity index (χ2v) is 11.5. The Labute approximate surface area is 251 Å². The smallest absolute Gasteiger partial charge is 0.323 e. The quantitative estimate of drug-likeness (QED) is 0.183. The molecular weight excluding hydrogens is 577 g/mol. The molecule has 1 aromatic heterocycles. The van der Waals surface area contributed by atoms with Crippen LogP contribution in [-0.2, 0) is 24.4 Å². The third-order valence-electron chi connectivity index (χ3n) is 7.09. The summed E-state index contributed by atoms with van der Waals surface area (Å²) < 4.78 is 19.7. The van der Waals surface area contributed by atoms with E-state index in [0.717, 1.165) is 28.9 Å². The molecule has 0 saturated heterocycles. The fourth-order valence-corrected chi connectivity index (χ4v) is 6.54. The van der Waals surface area contributed by atoms with Crippen LogP contribution in [0.15, 0.2) is 78.0 Å². The maximum absolute atomic E-state index is 13.5. The molecule has 2 atom stereocenters. The Morgan fingerprint density at radius 1 is 1.21 bits per heavy atom. The number of aliphatic hydroxyl groups is 1. The van der Waals surface area contributed by atoms with Crippen molar-refractivity contribution in [1.82, 2.24) is 10.3 Å². The van der Waals surface area contributed by atoms with E-state index < -0.39 is 18.6 Å². The number of ether oxygens (including phenoxy) is 1. The first-order valence-corrected chi connectivity index (χ1v) is 14.5. The highest BCUT2D eigenvalue weighted by molar-refractivity contribution is 7.99. The van der Waals surface area contributed by atoms with Gasteiger partial charge in [0.2, 0.25) is 0 Å². The number of nitrogens with zero attached hydrogens (tertiary/aromatic N) is 2. The predicted octanol–water partition coefficient (Wildman–Crippen LogP) is 6.31. The van der Waals surface area contributed by atoms with E-state index in [1.54, 1.807) is 42.2 Å². The number of thioether (sulfide) groups is 1. The largest absolute Gasteiger partial charge is 0.488 e. The van der Waals surface area contributed by atoms with Gasteiger partial charge in [0, 0.05) is 40.2 Å². The predicted molar refractivity (Wildman–Crippen MR) is 159 cm³/mol. The molecule has 10 heteroatoms. The van der Waals surface area contributed by atoms with Crippen molar-refractivity contribution < 1.29 is 24.1 Å². The standard InChI is InChI=1S/C32H27ClFN3O4S/c33-27-11-22(16-37-28(17-38)32(39)40)29(41-18-20-10-19(13-35)14-36-15-20)12-31(27)42-30-9-8-25-24(2-1-3-26(25)30)21-4-6-23(34)7-5-21/h1-7,10-12,14-15,28,30,37-38H,8-9,16-18H2,(H,39,40)/t28?,30-/m0/s1. The summed E-state index contributed by atoms with van der Waals surface area (Å²) in [6.07, 6.45) is 4.86. The summed E-state index contributed by atoms with van der Waals surface area (Å²) in [5.41, 5.74) is 6.26.